The Morgan fingerprint density at radius 2 is 1.64 bits per heavy atom. The molecule has 2 nitrogen and oxygen atoms in total. The van der Waals surface area contributed by atoms with E-state index in [9.17, 15) is 13.2 Å². The summed E-state index contributed by atoms with van der Waals surface area (Å²) in [6, 6.07) is 12.8. The highest BCUT2D eigenvalue weighted by molar-refractivity contribution is 6.35. The second-order valence-electron chi connectivity index (χ2n) is 4.58. The lowest BCUT2D eigenvalue weighted by Gasteiger charge is -2.10. The molecule has 0 aliphatic carbocycles. The first kappa shape index (κ1) is 14.7. The Labute approximate surface area is 129 Å². The molecule has 22 heavy (non-hydrogen) atoms. The van der Waals surface area contributed by atoms with E-state index < -0.39 is 11.7 Å². The minimum absolute atomic E-state index is 0.0838. The molecule has 0 radical (unpaired) electrons. The quantitative estimate of drug-likeness (QED) is 0.603. The van der Waals surface area contributed by atoms with Gasteiger partial charge < -0.3 is 4.74 Å². The molecular formula is C16H9ClF3NO. The molecule has 0 amide bonds. The highest BCUT2D eigenvalue weighted by Gasteiger charge is 2.30. The highest BCUT2D eigenvalue weighted by atomic mass is 35.5. The number of ether oxygens (including phenoxy) is 1. The van der Waals surface area contributed by atoms with Gasteiger partial charge in [-0.15, -0.1) is 0 Å². The fourth-order valence-corrected chi connectivity index (χ4v) is 2.27. The SMILES string of the molecule is FC(F)(F)c1ccc(Oc2ccc(Cl)c3ccccc23)nc1. The van der Waals surface area contributed by atoms with Gasteiger partial charge in [-0.2, -0.15) is 13.2 Å². The second-order valence-corrected chi connectivity index (χ2v) is 4.98. The summed E-state index contributed by atoms with van der Waals surface area (Å²) < 4.78 is 43.1. The molecule has 0 aliphatic heterocycles. The van der Waals surface area contributed by atoms with Crippen LogP contribution in [0, 0.1) is 0 Å². The number of alkyl halides is 3. The number of pyridine rings is 1. The lowest BCUT2D eigenvalue weighted by atomic mass is 10.1. The summed E-state index contributed by atoms with van der Waals surface area (Å²) >= 11 is 6.11. The monoisotopic (exact) mass is 323 g/mol. The Morgan fingerprint density at radius 3 is 2.27 bits per heavy atom. The predicted molar refractivity (Wildman–Crippen MR) is 78.3 cm³/mol. The number of hydrogen-bond acceptors (Lipinski definition) is 2. The van der Waals surface area contributed by atoms with Crippen molar-refractivity contribution >= 4 is 22.4 Å². The summed E-state index contributed by atoms with van der Waals surface area (Å²) in [5.41, 5.74) is -0.819. The predicted octanol–water partition coefficient (Wildman–Crippen LogP) is 5.70. The van der Waals surface area contributed by atoms with Crippen LogP contribution in [0.1, 0.15) is 5.56 Å². The lowest BCUT2D eigenvalue weighted by Crippen LogP contribution is -2.05. The zero-order chi connectivity index (χ0) is 15.7. The molecule has 2 aromatic carbocycles. The van der Waals surface area contributed by atoms with E-state index in [4.69, 9.17) is 16.3 Å². The van der Waals surface area contributed by atoms with Gasteiger partial charge in [0.25, 0.3) is 0 Å². The highest BCUT2D eigenvalue weighted by Crippen LogP contribution is 2.34. The van der Waals surface area contributed by atoms with Gasteiger partial charge in [0.2, 0.25) is 5.88 Å². The van der Waals surface area contributed by atoms with Crippen LogP contribution in [0.4, 0.5) is 13.2 Å². The molecule has 6 heteroatoms. The molecule has 0 aliphatic rings. The normalized spacial score (nSPS) is 11.6. The summed E-state index contributed by atoms with van der Waals surface area (Å²) in [4.78, 5) is 3.69. The van der Waals surface area contributed by atoms with Crippen molar-refractivity contribution in [3.05, 3.63) is 65.3 Å². The van der Waals surface area contributed by atoms with Gasteiger partial charge >= 0.3 is 6.18 Å². The maximum absolute atomic E-state index is 12.5. The van der Waals surface area contributed by atoms with Gasteiger partial charge in [-0.25, -0.2) is 4.98 Å². The Kier molecular flexibility index (Phi) is 3.66. The number of nitrogens with zero attached hydrogens (tertiary/aromatic N) is 1. The van der Waals surface area contributed by atoms with Crippen LogP contribution in [0.15, 0.2) is 54.7 Å². The number of halogens is 4. The van der Waals surface area contributed by atoms with E-state index in [1.807, 2.05) is 24.3 Å². The Morgan fingerprint density at radius 1 is 0.909 bits per heavy atom. The first-order chi connectivity index (χ1) is 10.4. The van der Waals surface area contributed by atoms with E-state index in [1.165, 1.54) is 6.07 Å². The van der Waals surface area contributed by atoms with Gasteiger partial charge in [0.05, 0.1) is 5.56 Å². The van der Waals surface area contributed by atoms with Crippen molar-refractivity contribution in [3.63, 3.8) is 0 Å². The average Bonchev–Trinajstić information content (AvgIpc) is 2.50. The number of benzene rings is 2. The number of hydrogen-bond donors (Lipinski definition) is 0. The molecule has 1 aromatic heterocycles. The van der Waals surface area contributed by atoms with Gasteiger partial charge in [0, 0.05) is 28.1 Å². The molecular weight excluding hydrogens is 315 g/mol. The van der Waals surface area contributed by atoms with E-state index in [0.29, 0.717) is 10.8 Å². The standard InChI is InChI=1S/C16H9ClF3NO/c17-13-6-7-14(12-4-2-1-3-11(12)13)22-15-8-5-10(9-21-15)16(18,19)20/h1-9H. The van der Waals surface area contributed by atoms with Crippen molar-refractivity contribution in [3.8, 4) is 11.6 Å². The summed E-state index contributed by atoms with van der Waals surface area (Å²) in [5, 5.41) is 2.13. The zero-order valence-corrected chi connectivity index (χ0v) is 11.8. The fourth-order valence-electron chi connectivity index (χ4n) is 2.04. The molecule has 0 atom stereocenters. The first-order valence-electron chi connectivity index (χ1n) is 6.33. The van der Waals surface area contributed by atoms with Crippen LogP contribution < -0.4 is 4.74 Å². The van der Waals surface area contributed by atoms with Crippen LogP contribution in [-0.4, -0.2) is 4.98 Å². The second kappa shape index (κ2) is 5.50. The van der Waals surface area contributed by atoms with Crippen molar-refractivity contribution < 1.29 is 17.9 Å². The van der Waals surface area contributed by atoms with Crippen molar-refractivity contribution in [1.29, 1.82) is 0 Å². The van der Waals surface area contributed by atoms with Crippen molar-refractivity contribution in [2.75, 3.05) is 0 Å². The van der Waals surface area contributed by atoms with E-state index in [1.54, 1.807) is 12.1 Å². The van der Waals surface area contributed by atoms with Crippen molar-refractivity contribution in [2.24, 2.45) is 0 Å². The van der Waals surface area contributed by atoms with Crippen molar-refractivity contribution in [1.82, 2.24) is 4.98 Å². The molecule has 0 bridgehead atoms. The van der Waals surface area contributed by atoms with E-state index >= 15 is 0 Å². The molecule has 3 rings (SSSR count). The Balaban J connectivity index is 1.95. The lowest BCUT2D eigenvalue weighted by molar-refractivity contribution is -0.137. The third-order valence-electron chi connectivity index (χ3n) is 3.11. The van der Waals surface area contributed by atoms with Gasteiger partial charge in [0.15, 0.2) is 0 Å². The fraction of sp³-hybridized carbons (Fsp3) is 0.0625. The van der Waals surface area contributed by atoms with Crippen LogP contribution in [0.5, 0.6) is 11.6 Å². The number of fused-ring (bicyclic) bond motifs is 1. The van der Waals surface area contributed by atoms with Gasteiger partial charge in [0.1, 0.15) is 5.75 Å². The number of aromatic nitrogens is 1. The van der Waals surface area contributed by atoms with Crippen LogP contribution >= 0.6 is 11.6 Å². The van der Waals surface area contributed by atoms with Crippen LogP contribution in [0.25, 0.3) is 10.8 Å². The Hall–Kier alpha value is -2.27. The molecule has 0 fully saturated rings. The van der Waals surface area contributed by atoms with E-state index in [2.05, 4.69) is 4.98 Å². The molecule has 0 spiro atoms. The maximum atomic E-state index is 12.5. The minimum atomic E-state index is -4.42. The average molecular weight is 324 g/mol. The topological polar surface area (TPSA) is 22.1 Å². The van der Waals surface area contributed by atoms with Crippen molar-refractivity contribution in [2.45, 2.75) is 6.18 Å². The smallest absolute Gasteiger partial charge is 0.417 e. The molecule has 112 valence electrons. The van der Waals surface area contributed by atoms with Gasteiger partial charge in [-0.3, -0.25) is 0 Å². The van der Waals surface area contributed by atoms with Crippen LogP contribution in [0.2, 0.25) is 5.02 Å². The van der Waals surface area contributed by atoms with Gasteiger partial charge in [-0.05, 0) is 18.2 Å². The van der Waals surface area contributed by atoms with E-state index in [0.717, 1.165) is 23.0 Å². The molecule has 0 unspecified atom stereocenters. The summed E-state index contributed by atoms with van der Waals surface area (Å²) in [7, 11) is 0. The zero-order valence-electron chi connectivity index (χ0n) is 11.1. The molecule has 0 saturated heterocycles. The van der Waals surface area contributed by atoms with Crippen LogP contribution in [0.3, 0.4) is 0 Å². The Bertz CT molecular complexity index is 816. The molecule has 1 heterocycles. The third kappa shape index (κ3) is 2.85. The van der Waals surface area contributed by atoms with Gasteiger partial charge in [-0.1, -0.05) is 35.9 Å². The number of rotatable bonds is 2. The third-order valence-corrected chi connectivity index (χ3v) is 3.44. The molecule has 0 N–H and O–H groups in total. The summed E-state index contributed by atoms with van der Waals surface area (Å²) in [6.07, 6.45) is -3.67. The van der Waals surface area contributed by atoms with Crippen LogP contribution in [-0.2, 0) is 6.18 Å². The molecule has 3 aromatic rings. The summed E-state index contributed by atoms with van der Waals surface area (Å²) in [5.74, 6) is 0.563. The largest absolute Gasteiger partial charge is 0.438 e. The summed E-state index contributed by atoms with van der Waals surface area (Å²) in [6.45, 7) is 0. The minimum Gasteiger partial charge on any atom is -0.438 e. The maximum Gasteiger partial charge on any atom is 0.417 e. The molecule has 0 saturated carbocycles. The first-order valence-corrected chi connectivity index (χ1v) is 6.71. The van der Waals surface area contributed by atoms with E-state index in [-0.39, 0.29) is 5.88 Å².